The number of nitrogens with one attached hydrogen (secondary N) is 1. The zero-order chi connectivity index (χ0) is 15.5. The second-order valence-electron chi connectivity index (χ2n) is 4.60. The molecule has 0 amide bonds. The third kappa shape index (κ3) is 3.86. The van der Waals surface area contributed by atoms with E-state index in [9.17, 15) is 13.2 Å². The molecule has 0 bridgehead atoms. The average Bonchev–Trinajstić information content (AvgIpc) is 2.92. The first-order valence-corrected chi connectivity index (χ1v) is 6.29. The van der Waals surface area contributed by atoms with Crippen LogP contribution in [0.15, 0.2) is 40.8 Å². The predicted octanol–water partition coefficient (Wildman–Crippen LogP) is 4.02. The van der Waals surface area contributed by atoms with Crippen LogP contribution in [0.1, 0.15) is 35.6 Å². The molecule has 1 unspecified atom stereocenters. The monoisotopic (exact) mass is 294 g/mol. The summed E-state index contributed by atoms with van der Waals surface area (Å²) in [6.45, 7) is 2.10. The van der Waals surface area contributed by atoms with Gasteiger partial charge in [-0.3, -0.25) is 0 Å². The van der Waals surface area contributed by atoms with E-state index in [1.54, 1.807) is 25.1 Å². The van der Waals surface area contributed by atoms with Crippen LogP contribution in [-0.4, -0.2) is 0 Å². The van der Waals surface area contributed by atoms with Crippen molar-refractivity contribution in [2.24, 2.45) is 0 Å². The maximum Gasteiger partial charge on any atom is 0.416 e. The third-order valence-electron chi connectivity index (χ3n) is 3.07. The molecule has 2 rings (SSSR count). The van der Waals surface area contributed by atoms with Gasteiger partial charge in [0, 0.05) is 6.04 Å². The molecule has 21 heavy (non-hydrogen) atoms. The summed E-state index contributed by atoms with van der Waals surface area (Å²) in [6, 6.07) is 9.99. The number of hydrogen-bond acceptors (Lipinski definition) is 3. The molecule has 1 heterocycles. The van der Waals surface area contributed by atoms with Gasteiger partial charge in [-0.25, -0.2) is 0 Å². The highest BCUT2D eigenvalue weighted by molar-refractivity contribution is 5.27. The SMILES string of the molecule is CC(NCc1ccc(C#N)o1)c1cccc(C(F)(F)F)c1. The fraction of sp³-hybridized carbons (Fsp3) is 0.267. The summed E-state index contributed by atoms with van der Waals surface area (Å²) >= 11 is 0. The Morgan fingerprint density at radius 1 is 1.29 bits per heavy atom. The van der Waals surface area contributed by atoms with E-state index in [2.05, 4.69) is 5.32 Å². The quantitative estimate of drug-likeness (QED) is 0.926. The van der Waals surface area contributed by atoms with Crippen molar-refractivity contribution in [1.82, 2.24) is 5.32 Å². The highest BCUT2D eigenvalue weighted by Gasteiger charge is 2.30. The highest BCUT2D eigenvalue weighted by Crippen LogP contribution is 2.30. The van der Waals surface area contributed by atoms with Crippen molar-refractivity contribution in [3.05, 3.63) is 59.0 Å². The van der Waals surface area contributed by atoms with Crippen molar-refractivity contribution in [1.29, 1.82) is 5.26 Å². The Kier molecular flexibility index (Phi) is 4.34. The van der Waals surface area contributed by atoms with Gasteiger partial charge in [-0.15, -0.1) is 0 Å². The van der Waals surface area contributed by atoms with E-state index in [1.165, 1.54) is 6.07 Å². The van der Waals surface area contributed by atoms with Crippen molar-refractivity contribution in [2.45, 2.75) is 25.7 Å². The molecule has 0 saturated heterocycles. The Balaban J connectivity index is 2.03. The van der Waals surface area contributed by atoms with Crippen molar-refractivity contribution < 1.29 is 17.6 Å². The molecule has 0 aliphatic rings. The van der Waals surface area contributed by atoms with Gasteiger partial charge in [0.25, 0.3) is 0 Å². The van der Waals surface area contributed by atoms with Gasteiger partial charge in [0.15, 0.2) is 0 Å². The maximum atomic E-state index is 12.7. The van der Waals surface area contributed by atoms with E-state index in [0.717, 1.165) is 12.1 Å². The molecule has 1 N–H and O–H groups in total. The Morgan fingerprint density at radius 3 is 2.67 bits per heavy atom. The van der Waals surface area contributed by atoms with E-state index in [1.807, 2.05) is 6.07 Å². The van der Waals surface area contributed by atoms with E-state index < -0.39 is 11.7 Å². The maximum absolute atomic E-state index is 12.7. The van der Waals surface area contributed by atoms with Crippen LogP contribution >= 0.6 is 0 Å². The molecule has 0 spiro atoms. The van der Waals surface area contributed by atoms with Gasteiger partial charge in [0.05, 0.1) is 12.1 Å². The summed E-state index contributed by atoms with van der Waals surface area (Å²) in [6.07, 6.45) is -4.35. The second-order valence-corrected chi connectivity index (χ2v) is 4.60. The highest BCUT2D eigenvalue weighted by atomic mass is 19.4. The molecular weight excluding hydrogens is 281 g/mol. The lowest BCUT2D eigenvalue weighted by Crippen LogP contribution is -2.18. The van der Waals surface area contributed by atoms with Crippen molar-refractivity contribution in [3.8, 4) is 6.07 Å². The molecule has 0 fully saturated rings. The minimum Gasteiger partial charge on any atom is -0.449 e. The number of hydrogen-bond donors (Lipinski definition) is 1. The molecule has 0 saturated carbocycles. The van der Waals surface area contributed by atoms with Crippen LogP contribution in [0.25, 0.3) is 0 Å². The second kappa shape index (κ2) is 6.02. The van der Waals surface area contributed by atoms with Gasteiger partial charge in [-0.05, 0) is 36.8 Å². The number of halogens is 3. The van der Waals surface area contributed by atoms with Gasteiger partial charge < -0.3 is 9.73 Å². The number of benzene rings is 1. The van der Waals surface area contributed by atoms with Crippen molar-refractivity contribution in [3.63, 3.8) is 0 Å². The van der Waals surface area contributed by atoms with Crippen LogP contribution in [-0.2, 0) is 12.7 Å². The van der Waals surface area contributed by atoms with Crippen LogP contribution < -0.4 is 5.32 Å². The topological polar surface area (TPSA) is 49.0 Å². The third-order valence-corrected chi connectivity index (χ3v) is 3.07. The zero-order valence-electron chi connectivity index (χ0n) is 11.2. The predicted molar refractivity (Wildman–Crippen MR) is 70.1 cm³/mol. The number of alkyl halides is 3. The normalized spacial score (nSPS) is 12.9. The summed E-state index contributed by atoms with van der Waals surface area (Å²) in [5.41, 5.74) is -0.129. The lowest BCUT2D eigenvalue weighted by Gasteiger charge is -2.15. The lowest BCUT2D eigenvalue weighted by molar-refractivity contribution is -0.137. The fourth-order valence-corrected chi connectivity index (χ4v) is 1.89. The smallest absolute Gasteiger partial charge is 0.416 e. The Labute approximate surface area is 120 Å². The van der Waals surface area contributed by atoms with Crippen LogP contribution in [0.2, 0.25) is 0 Å². The molecule has 1 aromatic carbocycles. The molecule has 0 radical (unpaired) electrons. The molecule has 1 atom stereocenters. The summed E-state index contributed by atoms with van der Waals surface area (Å²) in [7, 11) is 0. The number of rotatable bonds is 4. The Morgan fingerprint density at radius 2 is 2.05 bits per heavy atom. The van der Waals surface area contributed by atoms with Crippen LogP contribution in [0.4, 0.5) is 13.2 Å². The molecule has 0 aliphatic carbocycles. The summed E-state index contributed by atoms with van der Waals surface area (Å²) in [5.74, 6) is 0.767. The van der Waals surface area contributed by atoms with Crippen molar-refractivity contribution >= 4 is 0 Å². The number of nitrogens with zero attached hydrogens (tertiary/aromatic N) is 1. The van der Waals surface area contributed by atoms with E-state index in [-0.39, 0.29) is 11.8 Å². The van der Waals surface area contributed by atoms with Crippen LogP contribution in [0.5, 0.6) is 0 Å². The minimum absolute atomic E-state index is 0.207. The molecule has 2 aromatic rings. The Bertz CT molecular complexity index is 655. The van der Waals surface area contributed by atoms with Crippen LogP contribution in [0.3, 0.4) is 0 Å². The van der Waals surface area contributed by atoms with E-state index in [0.29, 0.717) is 17.9 Å². The van der Waals surface area contributed by atoms with Gasteiger partial charge in [0.1, 0.15) is 11.8 Å². The summed E-state index contributed by atoms with van der Waals surface area (Å²) in [4.78, 5) is 0. The molecule has 3 nitrogen and oxygen atoms in total. The summed E-state index contributed by atoms with van der Waals surface area (Å²) in [5, 5.41) is 11.7. The molecule has 1 aromatic heterocycles. The first-order valence-electron chi connectivity index (χ1n) is 6.29. The number of nitriles is 1. The van der Waals surface area contributed by atoms with Gasteiger partial charge in [-0.2, -0.15) is 18.4 Å². The van der Waals surface area contributed by atoms with Crippen LogP contribution in [0, 0.1) is 11.3 Å². The first-order chi connectivity index (χ1) is 9.90. The standard InChI is InChI=1S/C15H13F3N2O/c1-10(20-9-14-6-5-13(8-19)21-14)11-3-2-4-12(7-11)15(16,17)18/h2-7,10,20H,9H2,1H3. The van der Waals surface area contributed by atoms with Gasteiger partial charge in [-0.1, -0.05) is 12.1 Å². The summed E-state index contributed by atoms with van der Waals surface area (Å²) < 4.78 is 43.2. The molecule has 110 valence electrons. The zero-order valence-corrected chi connectivity index (χ0v) is 11.2. The van der Waals surface area contributed by atoms with Gasteiger partial charge in [0.2, 0.25) is 5.76 Å². The molecular formula is C15H13F3N2O. The first kappa shape index (κ1) is 15.1. The largest absolute Gasteiger partial charge is 0.449 e. The van der Waals surface area contributed by atoms with E-state index >= 15 is 0 Å². The van der Waals surface area contributed by atoms with Crippen molar-refractivity contribution in [2.75, 3.05) is 0 Å². The Hall–Kier alpha value is -2.26. The molecule has 0 aliphatic heterocycles. The number of furan rings is 1. The van der Waals surface area contributed by atoms with E-state index in [4.69, 9.17) is 9.68 Å². The average molecular weight is 294 g/mol. The molecule has 6 heteroatoms. The van der Waals surface area contributed by atoms with Gasteiger partial charge >= 0.3 is 6.18 Å². The fourth-order valence-electron chi connectivity index (χ4n) is 1.89. The minimum atomic E-state index is -4.35. The lowest BCUT2D eigenvalue weighted by atomic mass is 10.0.